The molecule has 3 rings (SSSR count). The van der Waals surface area contributed by atoms with Crippen molar-refractivity contribution >= 4 is 11.7 Å². The fourth-order valence-electron chi connectivity index (χ4n) is 4.92. The molecule has 1 fully saturated rings. The van der Waals surface area contributed by atoms with Crippen LogP contribution in [0.5, 0.6) is 5.88 Å². The molecule has 37 heavy (non-hydrogen) atoms. The molecule has 0 radical (unpaired) electrons. The quantitative estimate of drug-likeness (QED) is 0.395. The van der Waals surface area contributed by atoms with Crippen LogP contribution in [0.2, 0.25) is 0 Å². The standard InChI is InChI=1S/C30H45N3O4/c1-19(2)16-20(3)36-24-11-10-22(17-32-24)23-18-31-21(4)25(27(28(34)35)37-29(5,6)7)26(23)33-14-12-30(8,9)13-15-33/h10-11,17-20,27H,12-16H2,1-9H3,(H,34,35). The minimum atomic E-state index is -1.13. The Morgan fingerprint density at radius 2 is 1.76 bits per heavy atom. The van der Waals surface area contributed by atoms with Gasteiger partial charge in [0.15, 0.2) is 6.10 Å². The average Bonchev–Trinajstić information content (AvgIpc) is 2.77. The van der Waals surface area contributed by atoms with Crippen LogP contribution >= 0.6 is 0 Å². The van der Waals surface area contributed by atoms with Crippen LogP contribution in [-0.4, -0.2) is 45.8 Å². The Hall–Kier alpha value is -2.67. The maximum Gasteiger partial charge on any atom is 0.337 e. The molecule has 204 valence electrons. The molecule has 0 saturated carbocycles. The van der Waals surface area contributed by atoms with E-state index in [1.807, 2.05) is 46.0 Å². The first-order valence-corrected chi connectivity index (χ1v) is 13.4. The van der Waals surface area contributed by atoms with Crippen LogP contribution in [0, 0.1) is 18.3 Å². The molecule has 2 aromatic heterocycles. The number of aromatic nitrogens is 2. The average molecular weight is 512 g/mol. The Morgan fingerprint density at radius 1 is 1.11 bits per heavy atom. The first kappa shape index (κ1) is 28.9. The van der Waals surface area contributed by atoms with Gasteiger partial charge in [-0.15, -0.1) is 0 Å². The van der Waals surface area contributed by atoms with Crippen LogP contribution in [-0.2, 0) is 9.53 Å². The number of pyridine rings is 2. The fraction of sp³-hybridized carbons (Fsp3) is 0.633. The van der Waals surface area contributed by atoms with Crippen LogP contribution in [0.1, 0.15) is 92.0 Å². The van der Waals surface area contributed by atoms with Crippen molar-refractivity contribution in [1.82, 2.24) is 9.97 Å². The Labute approximate surface area is 222 Å². The Balaban J connectivity index is 2.09. The molecule has 1 saturated heterocycles. The summed E-state index contributed by atoms with van der Waals surface area (Å²) in [6.45, 7) is 20.1. The number of rotatable bonds is 9. The molecule has 3 heterocycles. The SMILES string of the molecule is Cc1ncc(-c2ccc(OC(C)CC(C)C)nc2)c(N2CCC(C)(C)CC2)c1C(OC(C)(C)C)C(=O)O. The molecular formula is C30H45N3O4. The van der Waals surface area contributed by atoms with Crippen molar-refractivity contribution in [3.63, 3.8) is 0 Å². The predicted molar refractivity (Wildman–Crippen MR) is 148 cm³/mol. The van der Waals surface area contributed by atoms with Gasteiger partial charge in [-0.25, -0.2) is 9.78 Å². The summed E-state index contributed by atoms with van der Waals surface area (Å²) >= 11 is 0. The summed E-state index contributed by atoms with van der Waals surface area (Å²) in [5.41, 5.74) is 3.50. The maximum absolute atomic E-state index is 12.5. The lowest BCUT2D eigenvalue weighted by Crippen LogP contribution is -2.39. The monoisotopic (exact) mass is 511 g/mol. The van der Waals surface area contributed by atoms with Gasteiger partial charge in [0, 0.05) is 53.9 Å². The van der Waals surface area contributed by atoms with E-state index in [-0.39, 0.29) is 11.5 Å². The molecule has 1 aliphatic rings. The van der Waals surface area contributed by atoms with Gasteiger partial charge in [0.25, 0.3) is 0 Å². The van der Waals surface area contributed by atoms with Crippen molar-refractivity contribution in [1.29, 1.82) is 0 Å². The van der Waals surface area contributed by atoms with Crippen molar-refractivity contribution in [3.05, 3.63) is 35.8 Å². The van der Waals surface area contributed by atoms with Gasteiger partial charge in [-0.05, 0) is 71.3 Å². The van der Waals surface area contributed by atoms with Crippen molar-refractivity contribution in [3.8, 4) is 17.0 Å². The van der Waals surface area contributed by atoms with Crippen LogP contribution in [0.3, 0.4) is 0 Å². The number of anilines is 1. The number of nitrogens with zero attached hydrogens (tertiary/aromatic N) is 3. The molecule has 2 atom stereocenters. The number of ether oxygens (including phenoxy) is 2. The van der Waals surface area contributed by atoms with E-state index in [0.717, 1.165) is 49.2 Å². The minimum absolute atomic E-state index is 0.0733. The molecule has 7 nitrogen and oxygen atoms in total. The minimum Gasteiger partial charge on any atom is -0.479 e. The van der Waals surface area contributed by atoms with Gasteiger partial charge in [-0.1, -0.05) is 27.7 Å². The highest BCUT2D eigenvalue weighted by Crippen LogP contribution is 2.43. The van der Waals surface area contributed by atoms with E-state index in [9.17, 15) is 9.90 Å². The lowest BCUT2D eigenvalue weighted by molar-refractivity contribution is -0.160. The molecular weight excluding hydrogens is 466 g/mol. The van der Waals surface area contributed by atoms with E-state index in [2.05, 4.69) is 49.5 Å². The first-order valence-electron chi connectivity index (χ1n) is 13.4. The number of piperidine rings is 1. The fourth-order valence-corrected chi connectivity index (χ4v) is 4.92. The summed E-state index contributed by atoms with van der Waals surface area (Å²) in [4.78, 5) is 24.1. The van der Waals surface area contributed by atoms with E-state index < -0.39 is 17.7 Å². The Bertz CT molecular complexity index is 1060. The van der Waals surface area contributed by atoms with Gasteiger partial charge in [0.1, 0.15) is 0 Å². The largest absolute Gasteiger partial charge is 0.479 e. The number of carbonyl (C=O) groups is 1. The molecule has 1 N–H and O–H groups in total. The Morgan fingerprint density at radius 3 is 2.27 bits per heavy atom. The zero-order valence-electron chi connectivity index (χ0n) is 24.1. The van der Waals surface area contributed by atoms with Crippen molar-refractivity contribution < 1.29 is 19.4 Å². The number of carboxylic acid groups (broad SMARTS) is 1. The summed E-state index contributed by atoms with van der Waals surface area (Å²) in [6.07, 6.45) is 5.56. The Kier molecular flexibility index (Phi) is 8.89. The van der Waals surface area contributed by atoms with Gasteiger partial charge in [0.2, 0.25) is 5.88 Å². The molecule has 2 unspecified atom stereocenters. The molecule has 0 aromatic carbocycles. The molecule has 0 bridgehead atoms. The van der Waals surface area contributed by atoms with E-state index in [4.69, 9.17) is 9.47 Å². The van der Waals surface area contributed by atoms with E-state index in [1.165, 1.54) is 0 Å². The maximum atomic E-state index is 12.5. The van der Waals surface area contributed by atoms with Crippen LogP contribution in [0.25, 0.3) is 11.1 Å². The second-order valence-corrected chi connectivity index (χ2v) is 12.6. The van der Waals surface area contributed by atoms with Crippen molar-refractivity contribution in [2.24, 2.45) is 11.3 Å². The normalized spacial score (nSPS) is 17.5. The predicted octanol–water partition coefficient (Wildman–Crippen LogP) is 6.83. The highest BCUT2D eigenvalue weighted by molar-refractivity contribution is 5.86. The highest BCUT2D eigenvalue weighted by atomic mass is 16.5. The number of aliphatic carboxylic acids is 1. The van der Waals surface area contributed by atoms with Gasteiger partial charge < -0.3 is 19.5 Å². The summed E-state index contributed by atoms with van der Waals surface area (Å²) in [6, 6.07) is 3.87. The molecule has 0 spiro atoms. The van der Waals surface area contributed by atoms with Gasteiger partial charge in [0.05, 0.1) is 17.4 Å². The smallest absolute Gasteiger partial charge is 0.337 e. The second-order valence-electron chi connectivity index (χ2n) is 12.6. The zero-order chi connectivity index (χ0) is 27.5. The number of carboxylic acids is 1. The first-order chi connectivity index (χ1) is 17.2. The zero-order valence-corrected chi connectivity index (χ0v) is 24.1. The molecule has 1 aliphatic heterocycles. The third-order valence-electron chi connectivity index (χ3n) is 6.85. The number of aryl methyl sites for hydroxylation is 1. The topological polar surface area (TPSA) is 84.8 Å². The third kappa shape index (κ3) is 7.67. The highest BCUT2D eigenvalue weighted by Gasteiger charge is 2.35. The van der Waals surface area contributed by atoms with Crippen molar-refractivity contribution in [2.45, 2.75) is 99.4 Å². The third-order valence-corrected chi connectivity index (χ3v) is 6.85. The molecule has 0 aliphatic carbocycles. The number of hydrogen-bond donors (Lipinski definition) is 1. The molecule has 7 heteroatoms. The van der Waals surface area contributed by atoms with Gasteiger partial charge in [-0.3, -0.25) is 4.98 Å². The van der Waals surface area contributed by atoms with Crippen LogP contribution in [0.15, 0.2) is 24.5 Å². The molecule has 0 amide bonds. The van der Waals surface area contributed by atoms with Gasteiger partial charge >= 0.3 is 5.97 Å². The second kappa shape index (κ2) is 11.4. The van der Waals surface area contributed by atoms with Gasteiger partial charge in [-0.2, -0.15) is 0 Å². The molecule has 2 aromatic rings. The lowest BCUT2D eigenvalue weighted by atomic mass is 9.82. The van der Waals surface area contributed by atoms with Crippen LogP contribution in [0.4, 0.5) is 5.69 Å². The van der Waals surface area contributed by atoms with E-state index in [0.29, 0.717) is 23.1 Å². The van der Waals surface area contributed by atoms with E-state index >= 15 is 0 Å². The lowest BCUT2D eigenvalue weighted by Gasteiger charge is -2.40. The van der Waals surface area contributed by atoms with Crippen LogP contribution < -0.4 is 9.64 Å². The summed E-state index contributed by atoms with van der Waals surface area (Å²) < 4.78 is 12.1. The summed E-state index contributed by atoms with van der Waals surface area (Å²) in [7, 11) is 0. The van der Waals surface area contributed by atoms with E-state index in [1.54, 1.807) is 6.20 Å². The number of hydrogen-bond acceptors (Lipinski definition) is 6. The van der Waals surface area contributed by atoms with Crippen molar-refractivity contribution in [2.75, 3.05) is 18.0 Å². The summed E-state index contributed by atoms with van der Waals surface area (Å²) in [5, 5.41) is 10.3. The summed E-state index contributed by atoms with van der Waals surface area (Å²) in [5.74, 6) is 0.107.